The van der Waals surface area contributed by atoms with Crippen LogP contribution in [0.2, 0.25) is 0 Å². The van der Waals surface area contributed by atoms with Crippen LogP contribution in [0.5, 0.6) is 5.75 Å². The van der Waals surface area contributed by atoms with Gasteiger partial charge in [-0.3, -0.25) is 10.1 Å². The van der Waals surface area contributed by atoms with E-state index in [2.05, 4.69) is 0 Å². The molecule has 0 saturated heterocycles. The van der Waals surface area contributed by atoms with E-state index in [0.29, 0.717) is 29.6 Å². The van der Waals surface area contributed by atoms with E-state index in [1.165, 1.54) is 0 Å². The van der Waals surface area contributed by atoms with E-state index < -0.39 is 34.7 Å². The van der Waals surface area contributed by atoms with Crippen molar-refractivity contribution in [3.05, 3.63) is 33.9 Å². The zero-order chi connectivity index (χ0) is 17.0. The number of nitrogens with two attached hydrogens (primary N) is 1. The number of benzene rings is 1. The standard InChI is InChI=1S/C12H17BN2O7S/c14-23(19,20)7-2-1-6-21-10-5-3-4-9-11(8-15(17)18)22-13(16)12(9)10/h3-5,11,16H,1-2,6-8H2,(H2,14,19,20). The summed E-state index contributed by atoms with van der Waals surface area (Å²) in [4.78, 5) is 10.1. The second kappa shape index (κ2) is 7.26. The highest BCUT2D eigenvalue weighted by atomic mass is 32.2. The van der Waals surface area contributed by atoms with Crippen molar-refractivity contribution in [2.24, 2.45) is 5.14 Å². The lowest BCUT2D eigenvalue weighted by Crippen LogP contribution is -2.30. The maximum Gasteiger partial charge on any atom is 0.496 e. The van der Waals surface area contributed by atoms with E-state index >= 15 is 0 Å². The number of unbranched alkanes of at least 4 members (excludes halogenated alkanes) is 1. The van der Waals surface area contributed by atoms with Gasteiger partial charge in [-0.1, -0.05) is 12.1 Å². The molecule has 0 aliphatic carbocycles. The molecule has 1 aliphatic rings. The SMILES string of the molecule is NS(=O)(=O)CCCCOc1cccc2c1B(O)OC2C[N+](=O)[O-]. The van der Waals surface area contributed by atoms with Gasteiger partial charge in [-0.15, -0.1) is 0 Å². The van der Waals surface area contributed by atoms with Crippen molar-refractivity contribution < 1.29 is 27.8 Å². The van der Waals surface area contributed by atoms with Gasteiger partial charge in [0, 0.05) is 10.4 Å². The minimum atomic E-state index is -3.49. The zero-order valence-electron chi connectivity index (χ0n) is 12.3. The predicted molar refractivity (Wildman–Crippen MR) is 82.4 cm³/mol. The van der Waals surface area contributed by atoms with Gasteiger partial charge in [0.25, 0.3) is 0 Å². The van der Waals surface area contributed by atoms with Gasteiger partial charge in [-0.2, -0.15) is 0 Å². The van der Waals surface area contributed by atoms with Crippen LogP contribution < -0.4 is 15.3 Å². The van der Waals surface area contributed by atoms with E-state index in [0.717, 1.165) is 0 Å². The summed E-state index contributed by atoms with van der Waals surface area (Å²) in [5.41, 5.74) is 0.905. The molecule has 1 aromatic rings. The van der Waals surface area contributed by atoms with E-state index in [9.17, 15) is 23.6 Å². The Kier molecular flexibility index (Phi) is 5.57. The van der Waals surface area contributed by atoms with E-state index in [1.807, 2.05) is 0 Å². The molecule has 1 atom stereocenters. The molecule has 0 radical (unpaired) electrons. The minimum Gasteiger partial charge on any atom is -0.494 e. The van der Waals surface area contributed by atoms with Crippen LogP contribution in [0.1, 0.15) is 24.5 Å². The van der Waals surface area contributed by atoms with E-state index in [-0.39, 0.29) is 12.4 Å². The molecular weight excluding hydrogens is 327 g/mol. The van der Waals surface area contributed by atoms with Gasteiger partial charge in [0.05, 0.1) is 12.4 Å². The minimum absolute atomic E-state index is 0.125. The molecule has 2 rings (SSSR count). The lowest BCUT2D eigenvalue weighted by molar-refractivity contribution is -0.490. The summed E-state index contributed by atoms with van der Waals surface area (Å²) in [6.07, 6.45) is 0.00705. The van der Waals surface area contributed by atoms with Gasteiger partial charge in [0.15, 0.2) is 0 Å². The van der Waals surface area contributed by atoms with Gasteiger partial charge < -0.3 is 14.4 Å². The highest BCUT2D eigenvalue weighted by Gasteiger charge is 2.40. The number of fused-ring (bicyclic) bond motifs is 1. The molecule has 23 heavy (non-hydrogen) atoms. The number of hydrogen-bond donors (Lipinski definition) is 2. The highest BCUT2D eigenvalue weighted by molar-refractivity contribution is 7.89. The molecule has 0 bridgehead atoms. The van der Waals surface area contributed by atoms with Crippen LogP contribution in [-0.4, -0.2) is 44.4 Å². The third kappa shape index (κ3) is 4.89. The number of rotatable bonds is 8. The Bertz CT molecular complexity index is 682. The first-order valence-corrected chi connectivity index (χ1v) is 8.71. The number of primary sulfonamides is 1. The summed E-state index contributed by atoms with van der Waals surface area (Å²) in [5.74, 6) is 0.247. The van der Waals surface area contributed by atoms with Crippen molar-refractivity contribution in [1.29, 1.82) is 0 Å². The van der Waals surface area contributed by atoms with Crippen LogP contribution in [0.4, 0.5) is 0 Å². The van der Waals surface area contributed by atoms with Crippen LogP contribution >= 0.6 is 0 Å². The average molecular weight is 344 g/mol. The number of hydrogen-bond acceptors (Lipinski definition) is 7. The van der Waals surface area contributed by atoms with E-state index in [4.69, 9.17) is 14.5 Å². The molecule has 126 valence electrons. The molecule has 0 saturated carbocycles. The molecule has 0 fully saturated rings. The fourth-order valence-electron chi connectivity index (χ4n) is 2.39. The predicted octanol–water partition coefficient (Wildman–Crippen LogP) is -0.830. The maximum absolute atomic E-state index is 10.8. The van der Waals surface area contributed by atoms with Crippen LogP contribution in [0.3, 0.4) is 0 Å². The van der Waals surface area contributed by atoms with Crippen molar-refractivity contribution in [2.75, 3.05) is 18.9 Å². The third-order valence-corrected chi connectivity index (χ3v) is 4.24. The molecule has 11 heteroatoms. The first kappa shape index (κ1) is 17.7. The third-order valence-electron chi connectivity index (χ3n) is 3.38. The molecule has 1 unspecified atom stereocenters. The Hall–Kier alpha value is -1.69. The van der Waals surface area contributed by atoms with Crippen LogP contribution in [0.25, 0.3) is 0 Å². The summed E-state index contributed by atoms with van der Waals surface area (Å²) >= 11 is 0. The number of sulfonamides is 1. The molecular formula is C12H17BN2O7S. The maximum atomic E-state index is 10.8. The van der Waals surface area contributed by atoms with E-state index in [1.54, 1.807) is 18.2 Å². The Balaban J connectivity index is 1.99. The fourth-order valence-corrected chi connectivity index (χ4v) is 3.00. The summed E-state index contributed by atoms with van der Waals surface area (Å²) in [6, 6.07) is 4.93. The van der Waals surface area contributed by atoms with Gasteiger partial charge in [-0.25, -0.2) is 13.6 Å². The molecule has 0 spiro atoms. The quantitative estimate of drug-likeness (QED) is 0.271. The first-order chi connectivity index (χ1) is 10.8. The summed E-state index contributed by atoms with van der Waals surface area (Å²) in [5, 5.41) is 25.5. The van der Waals surface area contributed by atoms with Crippen LogP contribution in [0.15, 0.2) is 18.2 Å². The zero-order valence-corrected chi connectivity index (χ0v) is 13.1. The normalized spacial score (nSPS) is 17.1. The van der Waals surface area contributed by atoms with Crippen molar-refractivity contribution >= 4 is 22.6 Å². The largest absolute Gasteiger partial charge is 0.496 e. The van der Waals surface area contributed by atoms with Gasteiger partial charge >= 0.3 is 7.12 Å². The molecule has 9 nitrogen and oxygen atoms in total. The summed E-state index contributed by atoms with van der Waals surface area (Å²) in [7, 11) is -4.77. The second-order valence-corrected chi connectivity index (χ2v) is 6.91. The topological polar surface area (TPSA) is 142 Å². The van der Waals surface area contributed by atoms with Crippen molar-refractivity contribution in [3.8, 4) is 5.75 Å². The molecule has 3 N–H and O–H groups in total. The Morgan fingerprint density at radius 1 is 1.43 bits per heavy atom. The number of nitro groups is 1. The number of nitrogens with zero attached hydrogens (tertiary/aromatic N) is 1. The average Bonchev–Trinajstić information content (AvgIpc) is 2.74. The molecule has 1 heterocycles. The summed E-state index contributed by atoms with van der Waals surface area (Å²) in [6.45, 7) is -0.208. The molecule has 1 aliphatic heterocycles. The number of ether oxygens (including phenoxy) is 1. The Morgan fingerprint density at radius 3 is 2.83 bits per heavy atom. The summed E-state index contributed by atoms with van der Waals surface area (Å²) < 4.78 is 32.4. The second-order valence-electron chi connectivity index (χ2n) is 5.17. The molecule has 0 amide bonds. The molecule has 1 aromatic carbocycles. The van der Waals surface area contributed by atoms with Gasteiger partial charge in [0.2, 0.25) is 16.6 Å². The Labute approximate surface area is 133 Å². The fraction of sp³-hybridized carbons (Fsp3) is 0.500. The lowest BCUT2D eigenvalue weighted by Gasteiger charge is -2.11. The highest BCUT2D eigenvalue weighted by Crippen LogP contribution is 2.27. The monoisotopic (exact) mass is 344 g/mol. The first-order valence-electron chi connectivity index (χ1n) is 6.99. The van der Waals surface area contributed by atoms with Crippen LogP contribution in [0, 0.1) is 10.1 Å². The van der Waals surface area contributed by atoms with Crippen molar-refractivity contribution in [2.45, 2.75) is 18.9 Å². The van der Waals surface area contributed by atoms with Gasteiger partial charge in [-0.05, 0) is 24.5 Å². The van der Waals surface area contributed by atoms with Crippen molar-refractivity contribution in [3.63, 3.8) is 0 Å². The van der Waals surface area contributed by atoms with Gasteiger partial charge in [0.1, 0.15) is 11.9 Å². The van der Waals surface area contributed by atoms with Crippen LogP contribution in [-0.2, 0) is 14.7 Å². The van der Waals surface area contributed by atoms with Crippen molar-refractivity contribution in [1.82, 2.24) is 0 Å². The Morgan fingerprint density at radius 2 is 2.17 bits per heavy atom. The molecule has 0 aromatic heterocycles. The smallest absolute Gasteiger partial charge is 0.494 e. The lowest BCUT2D eigenvalue weighted by atomic mass is 9.78.